The van der Waals surface area contributed by atoms with Crippen LogP contribution in [0.25, 0.3) is 11.1 Å². The number of hydrogen-bond donors (Lipinski definition) is 1. The van der Waals surface area contributed by atoms with Crippen LogP contribution in [0.2, 0.25) is 0 Å². The molecular formula is C24H31FN2O2. The molecule has 1 aliphatic heterocycles. The van der Waals surface area contributed by atoms with Gasteiger partial charge in [0.2, 0.25) is 0 Å². The second-order valence-electron chi connectivity index (χ2n) is 8.07. The van der Waals surface area contributed by atoms with E-state index in [1.54, 1.807) is 12.1 Å². The van der Waals surface area contributed by atoms with Crippen molar-refractivity contribution in [2.75, 3.05) is 19.8 Å². The van der Waals surface area contributed by atoms with Crippen molar-refractivity contribution in [1.82, 2.24) is 4.90 Å². The van der Waals surface area contributed by atoms with Gasteiger partial charge in [-0.2, -0.15) is 0 Å². The SMILES string of the molecule is CCOc1cc(CN2CCC3C(N)CCC32)cc(OCC)c1-c1ccc(F)cc1. The van der Waals surface area contributed by atoms with Gasteiger partial charge in [0, 0.05) is 18.6 Å². The summed E-state index contributed by atoms with van der Waals surface area (Å²) in [7, 11) is 0. The third-order valence-corrected chi connectivity index (χ3v) is 6.30. The molecule has 0 radical (unpaired) electrons. The lowest BCUT2D eigenvalue weighted by atomic mass is 9.99. The molecule has 29 heavy (non-hydrogen) atoms. The molecule has 1 saturated heterocycles. The van der Waals surface area contributed by atoms with Gasteiger partial charge in [-0.15, -0.1) is 0 Å². The number of fused-ring (bicyclic) bond motifs is 1. The fourth-order valence-corrected chi connectivity index (χ4v) is 5.02. The summed E-state index contributed by atoms with van der Waals surface area (Å²) in [6.07, 6.45) is 3.51. The van der Waals surface area contributed by atoms with E-state index in [2.05, 4.69) is 17.0 Å². The van der Waals surface area contributed by atoms with E-state index in [9.17, 15) is 4.39 Å². The molecule has 0 spiro atoms. The predicted octanol–water partition coefficient (Wildman–Crippen LogP) is 4.60. The summed E-state index contributed by atoms with van der Waals surface area (Å²) in [4.78, 5) is 2.57. The quantitative estimate of drug-likeness (QED) is 0.740. The summed E-state index contributed by atoms with van der Waals surface area (Å²) >= 11 is 0. The van der Waals surface area contributed by atoms with Crippen LogP contribution in [-0.2, 0) is 6.54 Å². The number of likely N-dealkylation sites (tertiary alicyclic amines) is 1. The maximum atomic E-state index is 13.4. The van der Waals surface area contributed by atoms with Gasteiger partial charge in [-0.3, -0.25) is 4.90 Å². The Morgan fingerprint density at radius 2 is 1.66 bits per heavy atom. The fraction of sp³-hybridized carbons (Fsp3) is 0.500. The van der Waals surface area contributed by atoms with Gasteiger partial charge in [-0.05, 0) is 81.0 Å². The van der Waals surface area contributed by atoms with Crippen molar-refractivity contribution in [3.8, 4) is 22.6 Å². The fourth-order valence-electron chi connectivity index (χ4n) is 5.02. The Morgan fingerprint density at radius 1 is 1.00 bits per heavy atom. The van der Waals surface area contributed by atoms with E-state index in [-0.39, 0.29) is 5.82 Å². The monoisotopic (exact) mass is 398 g/mol. The van der Waals surface area contributed by atoms with E-state index in [1.807, 2.05) is 13.8 Å². The Balaban J connectivity index is 1.67. The average molecular weight is 399 g/mol. The number of nitrogens with zero attached hydrogens (tertiary/aromatic N) is 1. The maximum absolute atomic E-state index is 13.4. The molecule has 2 aromatic rings. The topological polar surface area (TPSA) is 47.7 Å². The average Bonchev–Trinajstić information content (AvgIpc) is 3.27. The molecule has 3 unspecified atom stereocenters. The van der Waals surface area contributed by atoms with Gasteiger partial charge < -0.3 is 15.2 Å². The first kappa shape index (κ1) is 20.2. The molecular weight excluding hydrogens is 367 g/mol. The molecule has 4 rings (SSSR count). The Hall–Kier alpha value is -2.11. The van der Waals surface area contributed by atoms with Crippen molar-refractivity contribution in [2.24, 2.45) is 11.7 Å². The minimum absolute atomic E-state index is 0.250. The summed E-state index contributed by atoms with van der Waals surface area (Å²) < 4.78 is 25.5. The summed E-state index contributed by atoms with van der Waals surface area (Å²) in [5.74, 6) is 1.96. The number of hydrogen-bond acceptors (Lipinski definition) is 4. The van der Waals surface area contributed by atoms with Crippen LogP contribution in [0.5, 0.6) is 11.5 Å². The van der Waals surface area contributed by atoms with Gasteiger partial charge in [-0.25, -0.2) is 4.39 Å². The van der Waals surface area contributed by atoms with E-state index in [1.165, 1.54) is 30.5 Å². The highest BCUT2D eigenvalue weighted by molar-refractivity contribution is 5.77. The highest BCUT2D eigenvalue weighted by Crippen LogP contribution is 2.42. The highest BCUT2D eigenvalue weighted by Gasteiger charge is 2.41. The summed E-state index contributed by atoms with van der Waals surface area (Å²) in [5, 5.41) is 0. The zero-order valence-corrected chi connectivity index (χ0v) is 17.4. The predicted molar refractivity (Wildman–Crippen MR) is 114 cm³/mol. The van der Waals surface area contributed by atoms with Gasteiger partial charge in [0.15, 0.2) is 0 Å². The first-order valence-electron chi connectivity index (χ1n) is 10.8. The maximum Gasteiger partial charge on any atom is 0.131 e. The van der Waals surface area contributed by atoms with E-state index >= 15 is 0 Å². The minimum atomic E-state index is -0.250. The van der Waals surface area contributed by atoms with Crippen molar-refractivity contribution in [3.05, 3.63) is 47.8 Å². The van der Waals surface area contributed by atoms with Gasteiger partial charge in [0.05, 0.1) is 18.8 Å². The van der Waals surface area contributed by atoms with E-state index in [0.717, 1.165) is 42.1 Å². The van der Waals surface area contributed by atoms with E-state index in [4.69, 9.17) is 15.2 Å². The Bertz CT molecular complexity index is 812. The standard InChI is InChI=1S/C24H31FN2O2/c1-3-28-22-13-16(15-27-12-11-19-20(26)9-10-21(19)27)14-23(29-4-2)24(22)17-5-7-18(25)8-6-17/h5-8,13-14,19-21H,3-4,9-12,15,26H2,1-2H3. The van der Waals surface area contributed by atoms with Crippen LogP contribution in [0.15, 0.2) is 36.4 Å². The normalized spacial score (nSPS) is 23.9. The molecule has 1 saturated carbocycles. The van der Waals surface area contributed by atoms with Gasteiger partial charge in [0.25, 0.3) is 0 Å². The number of ether oxygens (including phenoxy) is 2. The molecule has 0 bridgehead atoms. The number of benzene rings is 2. The molecule has 4 nitrogen and oxygen atoms in total. The van der Waals surface area contributed by atoms with Crippen molar-refractivity contribution in [2.45, 2.75) is 51.7 Å². The lowest BCUT2D eigenvalue weighted by molar-refractivity contribution is 0.230. The summed E-state index contributed by atoms with van der Waals surface area (Å²) in [5.41, 5.74) is 9.27. The molecule has 2 aromatic carbocycles. The molecule has 2 N–H and O–H groups in total. The Kier molecular flexibility index (Phi) is 6.07. The van der Waals surface area contributed by atoms with Crippen LogP contribution in [0.3, 0.4) is 0 Å². The molecule has 0 aromatic heterocycles. The molecule has 2 aliphatic rings. The van der Waals surface area contributed by atoms with Crippen LogP contribution in [0.1, 0.15) is 38.7 Å². The molecule has 1 aliphatic carbocycles. The number of rotatable bonds is 7. The van der Waals surface area contributed by atoms with Crippen molar-refractivity contribution in [1.29, 1.82) is 0 Å². The molecule has 5 heteroatoms. The lowest BCUT2D eigenvalue weighted by Crippen LogP contribution is -2.32. The molecule has 1 heterocycles. The Labute approximate surface area is 172 Å². The molecule has 0 amide bonds. The van der Waals surface area contributed by atoms with Crippen LogP contribution >= 0.6 is 0 Å². The zero-order valence-electron chi connectivity index (χ0n) is 17.4. The van der Waals surface area contributed by atoms with Crippen molar-refractivity contribution in [3.63, 3.8) is 0 Å². The van der Waals surface area contributed by atoms with Gasteiger partial charge >= 0.3 is 0 Å². The number of halogens is 1. The zero-order chi connectivity index (χ0) is 20.4. The largest absolute Gasteiger partial charge is 0.493 e. The number of nitrogens with two attached hydrogens (primary N) is 1. The molecule has 3 atom stereocenters. The van der Waals surface area contributed by atoms with Crippen LogP contribution in [0.4, 0.5) is 4.39 Å². The minimum Gasteiger partial charge on any atom is -0.493 e. The second-order valence-corrected chi connectivity index (χ2v) is 8.07. The first-order chi connectivity index (χ1) is 14.1. The summed E-state index contributed by atoms with van der Waals surface area (Å²) in [6.45, 7) is 7.05. The molecule has 2 fully saturated rings. The highest BCUT2D eigenvalue weighted by atomic mass is 19.1. The second kappa shape index (κ2) is 8.72. The van der Waals surface area contributed by atoms with Crippen molar-refractivity contribution < 1.29 is 13.9 Å². The van der Waals surface area contributed by atoms with Crippen LogP contribution < -0.4 is 15.2 Å². The summed E-state index contributed by atoms with van der Waals surface area (Å²) in [6, 6.07) is 11.7. The lowest BCUT2D eigenvalue weighted by Gasteiger charge is -2.25. The molecule has 156 valence electrons. The van der Waals surface area contributed by atoms with E-state index < -0.39 is 0 Å². The van der Waals surface area contributed by atoms with E-state index in [0.29, 0.717) is 31.2 Å². The third-order valence-electron chi connectivity index (χ3n) is 6.30. The Morgan fingerprint density at radius 3 is 2.28 bits per heavy atom. The smallest absolute Gasteiger partial charge is 0.131 e. The van der Waals surface area contributed by atoms with Crippen LogP contribution in [-0.4, -0.2) is 36.7 Å². The van der Waals surface area contributed by atoms with Gasteiger partial charge in [-0.1, -0.05) is 12.1 Å². The van der Waals surface area contributed by atoms with Gasteiger partial charge in [0.1, 0.15) is 17.3 Å². The first-order valence-corrected chi connectivity index (χ1v) is 10.8. The third kappa shape index (κ3) is 4.12. The van der Waals surface area contributed by atoms with Crippen LogP contribution in [0, 0.1) is 11.7 Å². The van der Waals surface area contributed by atoms with Crippen molar-refractivity contribution >= 4 is 0 Å².